The monoisotopic (exact) mass is 485 g/mol. The van der Waals surface area contributed by atoms with Crippen molar-refractivity contribution < 1.29 is 46.4 Å². The number of anilines is 1. The van der Waals surface area contributed by atoms with Crippen LogP contribution in [-0.2, 0) is 16.2 Å². The van der Waals surface area contributed by atoms with Crippen LogP contribution >= 0.6 is 0 Å². The summed E-state index contributed by atoms with van der Waals surface area (Å²) in [5.74, 6) is -3.63. The molecular weight excluding hydrogens is 470 g/mol. The molecule has 12 heteroatoms. The van der Waals surface area contributed by atoms with Crippen LogP contribution < -0.4 is 4.72 Å². The molecule has 2 unspecified atom stereocenters. The molecule has 0 fully saturated rings. The van der Waals surface area contributed by atoms with E-state index < -0.39 is 61.9 Å². The first-order chi connectivity index (χ1) is 15.3. The van der Waals surface area contributed by atoms with Crippen molar-refractivity contribution in [3.05, 3.63) is 82.2 Å². The van der Waals surface area contributed by atoms with E-state index in [4.69, 9.17) is 0 Å². The van der Waals surface area contributed by atoms with Gasteiger partial charge in [-0.2, -0.15) is 13.2 Å². The number of aliphatic hydroxyl groups excluding tert-OH is 2. The zero-order valence-electron chi connectivity index (χ0n) is 16.3. The lowest BCUT2D eigenvalue weighted by Crippen LogP contribution is -2.20. The molecule has 7 nitrogen and oxygen atoms in total. The Morgan fingerprint density at radius 1 is 0.848 bits per heavy atom. The molecule has 3 aromatic carbocycles. The summed E-state index contributed by atoms with van der Waals surface area (Å²) in [6, 6.07) is 8.11. The maximum absolute atomic E-state index is 13.5. The Bertz CT molecular complexity index is 1370. The Kier molecular flexibility index (Phi) is 5.26. The molecule has 0 saturated carbocycles. The fourth-order valence-electron chi connectivity index (χ4n) is 3.71. The fourth-order valence-corrected chi connectivity index (χ4v) is 4.79. The Morgan fingerprint density at radius 3 is 2.06 bits per heavy atom. The second-order valence-electron chi connectivity index (χ2n) is 7.30. The van der Waals surface area contributed by atoms with Gasteiger partial charge in [-0.25, -0.2) is 12.8 Å². The van der Waals surface area contributed by atoms with Crippen LogP contribution in [0.15, 0.2) is 53.4 Å². The number of nitrogens with one attached hydrogen (secondary N) is 1. The van der Waals surface area contributed by atoms with Gasteiger partial charge in [-0.1, -0.05) is 24.3 Å². The second-order valence-corrected chi connectivity index (χ2v) is 8.99. The third kappa shape index (κ3) is 3.75. The van der Waals surface area contributed by atoms with E-state index in [0.29, 0.717) is 12.1 Å². The van der Waals surface area contributed by atoms with Crippen molar-refractivity contribution in [1.29, 1.82) is 0 Å². The van der Waals surface area contributed by atoms with Crippen molar-refractivity contribution >= 4 is 15.7 Å². The first-order valence-corrected chi connectivity index (χ1v) is 10.7. The van der Waals surface area contributed by atoms with Gasteiger partial charge >= 0.3 is 6.18 Å². The van der Waals surface area contributed by atoms with Crippen molar-refractivity contribution in [3.8, 4) is 11.5 Å². The van der Waals surface area contributed by atoms with Crippen molar-refractivity contribution in [2.75, 3.05) is 4.72 Å². The highest BCUT2D eigenvalue weighted by Gasteiger charge is 2.37. The number of phenolic OH excluding ortho intramolecular Hbond substituents is 2. The van der Waals surface area contributed by atoms with Crippen LogP contribution in [-0.4, -0.2) is 28.8 Å². The van der Waals surface area contributed by atoms with Gasteiger partial charge in [-0.05, 0) is 41.0 Å². The quantitative estimate of drug-likeness (QED) is 0.285. The van der Waals surface area contributed by atoms with Gasteiger partial charge < -0.3 is 20.4 Å². The number of rotatable bonds is 3. The molecular formula is C21H15F4NO6S. The molecule has 0 bridgehead atoms. The maximum Gasteiger partial charge on any atom is 0.419 e. The molecule has 3 aromatic rings. The van der Waals surface area contributed by atoms with Crippen LogP contribution in [0, 0.1) is 5.82 Å². The number of benzene rings is 3. The van der Waals surface area contributed by atoms with Crippen molar-refractivity contribution in [1.82, 2.24) is 0 Å². The topological polar surface area (TPSA) is 127 Å². The summed E-state index contributed by atoms with van der Waals surface area (Å²) >= 11 is 0. The summed E-state index contributed by atoms with van der Waals surface area (Å²) in [5, 5.41) is 42.1. The fraction of sp³-hybridized carbons (Fsp3) is 0.143. The van der Waals surface area contributed by atoms with E-state index in [9.17, 15) is 46.4 Å². The highest BCUT2D eigenvalue weighted by Crippen LogP contribution is 2.50. The minimum absolute atomic E-state index is 0.0851. The summed E-state index contributed by atoms with van der Waals surface area (Å²) in [7, 11) is -4.80. The lowest BCUT2D eigenvalue weighted by molar-refractivity contribution is -0.140. The van der Waals surface area contributed by atoms with Crippen LogP contribution in [0.3, 0.4) is 0 Å². The number of aromatic hydroxyl groups is 2. The van der Waals surface area contributed by atoms with Gasteiger partial charge in [-0.15, -0.1) is 0 Å². The van der Waals surface area contributed by atoms with Crippen molar-refractivity contribution in [3.63, 3.8) is 0 Å². The van der Waals surface area contributed by atoms with Crippen molar-refractivity contribution in [2.45, 2.75) is 23.3 Å². The molecule has 0 spiro atoms. The molecule has 1 aliphatic carbocycles. The standard InChI is InChI=1S/C21H15F4NO6S/c22-14-6-5-9(7-13(14)21(23,24)25)33(31,32)26-15-8-12-16(20(30)19(15)29)18(28)11-4-2-1-3-10(11)17(12)27/h1-8,17-18,26-30H. The van der Waals surface area contributed by atoms with E-state index in [0.717, 1.165) is 6.07 Å². The molecule has 1 aliphatic rings. The number of hydrogen-bond acceptors (Lipinski definition) is 6. The number of fused-ring (bicyclic) bond motifs is 2. The molecule has 4 rings (SSSR count). The van der Waals surface area contributed by atoms with E-state index >= 15 is 0 Å². The van der Waals surface area contributed by atoms with E-state index in [1.807, 2.05) is 4.72 Å². The van der Waals surface area contributed by atoms with E-state index in [1.54, 1.807) is 12.1 Å². The average molecular weight is 485 g/mol. The Hall–Kier alpha value is -3.35. The van der Waals surface area contributed by atoms with Gasteiger partial charge in [0.05, 0.1) is 16.1 Å². The summed E-state index contributed by atoms with van der Waals surface area (Å²) < 4.78 is 79.6. The Balaban J connectivity index is 1.80. The lowest BCUT2D eigenvalue weighted by atomic mass is 9.81. The molecule has 0 amide bonds. The number of halogens is 4. The first kappa shape index (κ1) is 22.8. The lowest BCUT2D eigenvalue weighted by Gasteiger charge is -2.30. The minimum atomic E-state index is -5.16. The largest absolute Gasteiger partial charge is 0.504 e. The second kappa shape index (κ2) is 7.61. The molecule has 2 atom stereocenters. The maximum atomic E-state index is 13.5. The molecule has 0 saturated heterocycles. The number of phenols is 2. The molecule has 174 valence electrons. The van der Waals surface area contributed by atoms with Crippen LogP contribution in [0.5, 0.6) is 11.5 Å². The SMILES string of the molecule is O=S(=O)(Nc1cc2c(c(O)c1O)C(O)c1ccccc1C2O)c1ccc(F)c(C(F)(F)F)c1. The molecule has 0 aromatic heterocycles. The molecule has 0 radical (unpaired) electrons. The van der Waals surface area contributed by atoms with E-state index in [1.165, 1.54) is 12.1 Å². The van der Waals surface area contributed by atoms with Crippen LogP contribution in [0.1, 0.15) is 40.0 Å². The Morgan fingerprint density at radius 2 is 1.45 bits per heavy atom. The third-order valence-corrected chi connectivity index (χ3v) is 6.66. The molecule has 33 heavy (non-hydrogen) atoms. The number of aliphatic hydroxyl groups is 2. The van der Waals surface area contributed by atoms with E-state index in [2.05, 4.69) is 0 Å². The van der Waals surface area contributed by atoms with Gasteiger partial charge in [0.25, 0.3) is 10.0 Å². The van der Waals surface area contributed by atoms with Crippen LogP contribution in [0.2, 0.25) is 0 Å². The number of sulfonamides is 1. The van der Waals surface area contributed by atoms with Gasteiger partial charge in [0.1, 0.15) is 18.0 Å². The summed E-state index contributed by atoms with van der Waals surface area (Å²) in [6.45, 7) is 0. The average Bonchev–Trinajstić information content (AvgIpc) is 2.74. The summed E-state index contributed by atoms with van der Waals surface area (Å²) in [5.41, 5.74) is -2.35. The third-order valence-electron chi connectivity index (χ3n) is 5.30. The van der Waals surface area contributed by atoms with Gasteiger partial charge in [-0.3, -0.25) is 4.72 Å². The van der Waals surface area contributed by atoms with Crippen LogP contribution in [0.4, 0.5) is 23.2 Å². The Labute approximate surface area is 184 Å². The number of hydrogen-bond donors (Lipinski definition) is 5. The van der Waals surface area contributed by atoms with Gasteiger partial charge in [0, 0.05) is 5.56 Å². The number of alkyl halides is 3. The summed E-state index contributed by atoms with van der Waals surface area (Å²) in [4.78, 5) is -0.959. The smallest absolute Gasteiger partial charge is 0.419 e. The normalized spacial score (nSPS) is 17.9. The molecule has 0 heterocycles. The highest BCUT2D eigenvalue weighted by atomic mass is 32.2. The first-order valence-electron chi connectivity index (χ1n) is 9.26. The zero-order chi connectivity index (χ0) is 24.3. The van der Waals surface area contributed by atoms with Gasteiger partial charge in [0.2, 0.25) is 0 Å². The minimum Gasteiger partial charge on any atom is -0.504 e. The predicted octanol–water partition coefficient (Wildman–Crippen LogP) is 3.53. The van der Waals surface area contributed by atoms with E-state index in [-0.39, 0.29) is 28.3 Å². The van der Waals surface area contributed by atoms with Gasteiger partial charge in [0.15, 0.2) is 11.5 Å². The zero-order valence-corrected chi connectivity index (χ0v) is 17.1. The van der Waals surface area contributed by atoms with Crippen LogP contribution in [0.25, 0.3) is 0 Å². The van der Waals surface area contributed by atoms with Crippen molar-refractivity contribution in [2.24, 2.45) is 0 Å². The predicted molar refractivity (Wildman–Crippen MR) is 107 cm³/mol. The summed E-state index contributed by atoms with van der Waals surface area (Å²) in [6.07, 6.45) is -8.03. The molecule has 0 aliphatic heterocycles. The highest BCUT2D eigenvalue weighted by molar-refractivity contribution is 7.92. The molecule has 5 N–H and O–H groups in total.